The number of likely N-dealkylation sites (tertiary alicyclic amines) is 1. The van der Waals surface area contributed by atoms with Gasteiger partial charge in [0.2, 0.25) is 12.3 Å². The largest absolute Gasteiger partial charge is 0.495 e. The summed E-state index contributed by atoms with van der Waals surface area (Å²) in [6.07, 6.45) is 13.2. The second-order valence-corrected chi connectivity index (χ2v) is 13.8. The van der Waals surface area contributed by atoms with Crippen molar-refractivity contribution in [3.63, 3.8) is 0 Å². The van der Waals surface area contributed by atoms with Crippen molar-refractivity contribution < 1.29 is 23.9 Å². The van der Waals surface area contributed by atoms with Crippen molar-refractivity contribution in [3.8, 4) is 11.6 Å². The Morgan fingerprint density at radius 3 is 2.61 bits per heavy atom. The van der Waals surface area contributed by atoms with Gasteiger partial charge < -0.3 is 29.4 Å². The van der Waals surface area contributed by atoms with Gasteiger partial charge in [-0.25, -0.2) is 4.68 Å². The van der Waals surface area contributed by atoms with Crippen molar-refractivity contribution in [1.82, 2.24) is 29.7 Å². The number of hydrogen-bond donors (Lipinski definition) is 3. The molecule has 0 spiro atoms. The minimum absolute atomic E-state index is 0.00605. The first-order valence-corrected chi connectivity index (χ1v) is 18.0. The number of rotatable bonds is 14. The SMILES string of the molecule is C=CCCCCO[C@H](C)C(=O)N1CCCC1C(=O)NC1CC1.COc1ccc2c(=O)cc(-n3ccc(C)n3)[nH]c2c1Cl.O=CNSC1CC1. The molecule has 0 bridgehead atoms. The van der Waals surface area contributed by atoms with Crippen molar-refractivity contribution in [1.29, 1.82) is 0 Å². The second-order valence-electron chi connectivity index (χ2n) is 12.2. The van der Waals surface area contributed by atoms with Crippen LogP contribution in [0, 0.1) is 6.92 Å². The number of carbonyl (C=O) groups is 3. The molecule has 14 heteroatoms. The number of hydrogen-bond acceptors (Lipinski definition) is 8. The van der Waals surface area contributed by atoms with E-state index in [2.05, 4.69) is 26.7 Å². The molecular formula is C35H47ClN6O6S. The fraction of sp³-hybridized carbons (Fsp3) is 0.514. The van der Waals surface area contributed by atoms with Gasteiger partial charge in [0.15, 0.2) is 5.43 Å². The molecule has 1 aliphatic heterocycles. The zero-order valence-corrected chi connectivity index (χ0v) is 30.0. The number of aromatic nitrogens is 3. The normalized spacial score (nSPS) is 17.2. The molecule has 1 saturated heterocycles. The molecule has 0 radical (unpaired) electrons. The number of aryl methyl sites for hydroxylation is 1. The number of nitrogens with one attached hydrogen (secondary N) is 3. The third-order valence-corrected chi connectivity index (χ3v) is 9.58. The highest BCUT2D eigenvalue weighted by atomic mass is 35.5. The number of pyridine rings is 1. The molecule has 1 aromatic carbocycles. The first-order chi connectivity index (χ1) is 23.7. The van der Waals surface area contributed by atoms with E-state index in [0.717, 1.165) is 62.3 Å². The third kappa shape index (κ3) is 11.4. The maximum Gasteiger partial charge on any atom is 0.252 e. The van der Waals surface area contributed by atoms with Crippen LogP contribution < -0.4 is 20.2 Å². The first kappa shape index (κ1) is 38.0. The van der Waals surface area contributed by atoms with Gasteiger partial charge in [-0.1, -0.05) is 17.7 Å². The molecule has 3 aromatic rings. The van der Waals surface area contributed by atoms with E-state index < -0.39 is 6.10 Å². The molecule has 1 unspecified atom stereocenters. The molecule has 6 rings (SSSR count). The smallest absolute Gasteiger partial charge is 0.252 e. The van der Waals surface area contributed by atoms with Gasteiger partial charge in [0.25, 0.3) is 5.91 Å². The Balaban J connectivity index is 0.000000185. The van der Waals surface area contributed by atoms with E-state index in [1.807, 2.05) is 19.1 Å². The van der Waals surface area contributed by atoms with Crippen LogP contribution >= 0.6 is 23.5 Å². The van der Waals surface area contributed by atoms with Gasteiger partial charge in [0.1, 0.15) is 28.7 Å². The van der Waals surface area contributed by atoms with Crippen molar-refractivity contribution in [2.75, 3.05) is 20.3 Å². The van der Waals surface area contributed by atoms with Crippen molar-refractivity contribution in [2.45, 2.75) is 95.1 Å². The summed E-state index contributed by atoms with van der Waals surface area (Å²) < 4.78 is 14.9. The molecule has 49 heavy (non-hydrogen) atoms. The Kier molecular flexibility index (Phi) is 14.6. The number of H-pyrrole nitrogens is 1. The van der Waals surface area contributed by atoms with Crippen LogP contribution in [0.5, 0.6) is 5.75 Å². The van der Waals surface area contributed by atoms with Gasteiger partial charge in [0, 0.05) is 42.1 Å². The molecule has 3 fully saturated rings. The zero-order chi connectivity index (χ0) is 35.3. The summed E-state index contributed by atoms with van der Waals surface area (Å²) in [6, 6.07) is 6.76. The van der Waals surface area contributed by atoms with Crippen molar-refractivity contribution in [3.05, 3.63) is 64.1 Å². The van der Waals surface area contributed by atoms with E-state index in [1.165, 1.54) is 38.0 Å². The lowest BCUT2D eigenvalue weighted by atomic mass is 10.2. The van der Waals surface area contributed by atoms with Gasteiger partial charge in [-0.3, -0.25) is 19.2 Å². The van der Waals surface area contributed by atoms with Crippen LogP contribution in [0.4, 0.5) is 0 Å². The van der Waals surface area contributed by atoms with Crippen LogP contribution in [0.1, 0.15) is 70.4 Å². The minimum Gasteiger partial charge on any atom is -0.495 e. The van der Waals surface area contributed by atoms with Gasteiger partial charge in [-0.05, 0) is 102 Å². The fourth-order valence-electron chi connectivity index (χ4n) is 5.17. The number of carbonyl (C=O) groups excluding carboxylic acids is 3. The van der Waals surface area contributed by atoms with Gasteiger partial charge >= 0.3 is 0 Å². The van der Waals surface area contributed by atoms with Crippen LogP contribution in [0.3, 0.4) is 0 Å². The highest BCUT2D eigenvalue weighted by Gasteiger charge is 2.38. The van der Waals surface area contributed by atoms with E-state index in [0.29, 0.717) is 46.7 Å². The lowest BCUT2D eigenvalue weighted by Gasteiger charge is -2.26. The molecule has 3 amide bonds. The predicted molar refractivity (Wildman–Crippen MR) is 193 cm³/mol. The summed E-state index contributed by atoms with van der Waals surface area (Å²) in [4.78, 5) is 51.3. The maximum absolute atomic E-state index is 12.5. The lowest BCUT2D eigenvalue weighted by molar-refractivity contribution is -0.147. The van der Waals surface area contributed by atoms with E-state index in [1.54, 1.807) is 34.8 Å². The van der Waals surface area contributed by atoms with Crippen LogP contribution in [-0.4, -0.2) is 81.6 Å². The maximum atomic E-state index is 12.5. The average Bonchev–Trinajstić information content (AvgIpc) is 4.01. The van der Waals surface area contributed by atoms with E-state index >= 15 is 0 Å². The van der Waals surface area contributed by atoms with Crippen LogP contribution in [0.15, 0.2) is 47.9 Å². The summed E-state index contributed by atoms with van der Waals surface area (Å²) in [7, 11) is 1.53. The summed E-state index contributed by atoms with van der Waals surface area (Å²) in [6.45, 7) is 8.58. The molecule has 266 valence electrons. The Labute approximate surface area is 296 Å². The molecule has 3 aliphatic rings. The number of nitrogens with zero attached hydrogens (tertiary/aromatic N) is 3. The number of allylic oxidation sites excluding steroid dienone is 1. The number of amides is 3. The van der Waals surface area contributed by atoms with Crippen LogP contribution in [0.25, 0.3) is 16.7 Å². The van der Waals surface area contributed by atoms with Gasteiger partial charge in [-0.15, -0.1) is 6.58 Å². The summed E-state index contributed by atoms with van der Waals surface area (Å²) in [5.74, 6) is 1.03. The quantitative estimate of drug-likeness (QED) is 0.0889. The standard InChI is InChI=1S/C17H28N2O3.C14H12ClN3O2.C4H7NOS/c1-3-4-5-6-12-22-13(2)17(21)19-11-7-8-15(19)16(20)18-14-9-10-14;1-8-5-6-18(17-8)12-7-10(19)9-3-4-11(20-2)13(15)14(9)16-12;6-3-5-7-4-1-2-4/h3,13-15H,1,4-12H2,2H3,(H,18,20);3-7H,1-2H3,(H,16,19);3-4H,1-2H2,(H,5,6)/t13-,15?;;/m1../s1. The Morgan fingerprint density at radius 2 is 1.98 bits per heavy atom. The van der Waals surface area contributed by atoms with Crippen LogP contribution in [-0.2, 0) is 19.1 Å². The molecular weight excluding hydrogens is 668 g/mol. The van der Waals surface area contributed by atoms with E-state index in [-0.39, 0.29) is 23.3 Å². The Hall–Kier alpha value is -3.81. The Bertz CT molecular complexity index is 1640. The molecule has 2 aromatic heterocycles. The fourth-order valence-corrected chi connectivity index (χ4v) is 6.08. The number of aromatic amines is 1. The van der Waals surface area contributed by atoms with E-state index in [9.17, 15) is 19.2 Å². The van der Waals surface area contributed by atoms with E-state index in [4.69, 9.17) is 21.1 Å². The highest BCUT2D eigenvalue weighted by Crippen LogP contribution is 2.31. The van der Waals surface area contributed by atoms with Gasteiger partial charge in [-0.2, -0.15) is 5.10 Å². The first-order valence-electron chi connectivity index (χ1n) is 16.8. The van der Waals surface area contributed by atoms with Crippen molar-refractivity contribution in [2.24, 2.45) is 0 Å². The minimum atomic E-state index is -0.474. The van der Waals surface area contributed by atoms with Gasteiger partial charge in [0.05, 0.1) is 18.3 Å². The summed E-state index contributed by atoms with van der Waals surface area (Å²) in [5, 5.41) is 8.90. The Morgan fingerprint density at radius 1 is 1.20 bits per heavy atom. The molecule has 12 nitrogen and oxygen atoms in total. The topological polar surface area (TPSA) is 148 Å². The number of unbranched alkanes of at least 4 members (excludes halogenated alkanes) is 2. The average molecular weight is 715 g/mol. The second kappa shape index (κ2) is 18.8. The predicted octanol–water partition coefficient (Wildman–Crippen LogP) is 5.24. The number of ether oxygens (including phenoxy) is 2. The number of methoxy groups -OCH3 is 1. The molecule has 3 N–H and O–H groups in total. The molecule has 2 aliphatic carbocycles. The zero-order valence-electron chi connectivity index (χ0n) is 28.4. The number of benzene rings is 1. The monoisotopic (exact) mass is 714 g/mol. The summed E-state index contributed by atoms with van der Waals surface area (Å²) >= 11 is 7.78. The number of halogens is 1. The third-order valence-electron chi connectivity index (χ3n) is 8.17. The van der Waals surface area contributed by atoms with Crippen LogP contribution in [0.2, 0.25) is 5.02 Å². The molecule has 3 heterocycles. The summed E-state index contributed by atoms with van der Waals surface area (Å²) in [5.41, 5.74) is 1.29. The molecule has 2 atom stereocenters. The number of fused-ring (bicyclic) bond motifs is 1. The lowest BCUT2D eigenvalue weighted by Crippen LogP contribution is -2.49. The highest BCUT2D eigenvalue weighted by molar-refractivity contribution is 7.98. The molecule has 2 saturated carbocycles. The van der Waals surface area contributed by atoms with Crippen molar-refractivity contribution >= 4 is 52.7 Å².